The zero-order valence-electron chi connectivity index (χ0n) is 26.4. The van der Waals surface area contributed by atoms with E-state index in [0.717, 1.165) is 49.6 Å². The molecule has 48 heavy (non-hydrogen) atoms. The number of para-hydroxylation sites is 1. The fourth-order valence-corrected chi connectivity index (χ4v) is 7.52. The van der Waals surface area contributed by atoms with E-state index in [4.69, 9.17) is 6.57 Å². The average Bonchev–Trinajstić information content (AvgIpc) is 3.48. The Bertz CT molecular complexity index is 2690. The molecule has 0 unspecified atom stereocenters. The monoisotopic (exact) mass is 611 g/mol. The topological polar surface area (TPSA) is 22.2 Å². The largest absolute Gasteiger partial charge is 0.307 e. The number of pyridine rings is 1. The number of aromatic nitrogens is 2. The van der Waals surface area contributed by atoms with Gasteiger partial charge in [-0.1, -0.05) is 133 Å². The Morgan fingerprint density at radius 2 is 1.19 bits per heavy atom. The van der Waals surface area contributed by atoms with Gasteiger partial charge in [0.05, 0.1) is 23.8 Å². The molecule has 2 heterocycles. The van der Waals surface area contributed by atoms with E-state index in [2.05, 4.69) is 161 Å². The third kappa shape index (κ3) is 4.24. The van der Waals surface area contributed by atoms with Crippen LogP contribution in [0.25, 0.3) is 87.3 Å². The predicted molar refractivity (Wildman–Crippen MR) is 201 cm³/mol. The fourth-order valence-electron chi connectivity index (χ4n) is 7.52. The summed E-state index contributed by atoms with van der Waals surface area (Å²) in [5.74, 6) is 0. The van der Waals surface area contributed by atoms with E-state index in [9.17, 15) is 0 Å². The molecule has 0 aliphatic heterocycles. The second kappa shape index (κ2) is 11.1. The van der Waals surface area contributed by atoms with E-state index in [1.807, 2.05) is 18.5 Å². The van der Waals surface area contributed by atoms with Crippen molar-refractivity contribution in [1.82, 2.24) is 9.55 Å². The lowest BCUT2D eigenvalue weighted by atomic mass is 9.85. The normalized spacial score (nSPS) is 11.4. The molecule has 0 radical (unpaired) electrons. The molecular formula is C45H29N3. The van der Waals surface area contributed by atoms with Crippen LogP contribution in [0.15, 0.2) is 158 Å². The second-order valence-corrected chi connectivity index (χ2v) is 12.3. The van der Waals surface area contributed by atoms with E-state index >= 15 is 0 Å². The van der Waals surface area contributed by atoms with Gasteiger partial charge in [0, 0.05) is 28.2 Å². The molecule has 0 amide bonds. The van der Waals surface area contributed by atoms with Gasteiger partial charge >= 0.3 is 0 Å². The minimum absolute atomic E-state index is 0.624. The van der Waals surface area contributed by atoms with Crippen molar-refractivity contribution in [2.24, 2.45) is 0 Å². The number of nitrogens with zero attached hydrogens (tertiary/aromatic N) is 3. The van der Waals surface area contributed by atoms with Gasteiger partial charge in [0.25, 0.3) is 0 Å². The van der Waals surface area contributed by atoms with E-state index < -0.39 is 0 Å². The lowest BCUT2D eigenvalue weighted by Crippen LogP contribution is -1.97. The van der Waals surface area contributed by atoms with Crippen molar-refractivity contribution in [2.45, 2.75) is 6.92 Å². The van der Waals surface area contributed by atoms with Crippen LogP contribution < -0.4 is 0 Å². The first-order valence-electron chi connectivity index (χ1n) is 16.2. The summed E-state index contributed by atoms with van der Waals surface area (Å²) in [5.41, 5.74) is 11.7. The molecule has 0 aliphatic carbocycles. The van der Waals surface area contributed by atoms with Crippen molar-refractivity contribution < 1.29 is 0 Å². The minimum atomic E-state index is 0.624. The van der Waals surface area contributed by atoms with Gasteiger partial charge in [-0.2, -0.15) is 0 Å². The Kier molecular flexibility index (Phi) is 6.42. The molecule has 3 heteroatoms. The molecule has 224 valence electrons. The summed E-state index contributed by atoms with van der Waals surface area (Å²) in [5, 5.41) is 6.91. The average molecular weight is 612 g/mol. The number of hydrogen-bond donors (Lipinski definition) is 0. The second-order valence-electron chi connectivity index (χ2n) is 12.3. The standard InChI is InChI=1S/C45H29N3/c1-29-12-10-15-31(26-29)33-20-11-21-39-34-24-25-47-28-42(34)48(45(33)39)32-22-23-41(46-2)40(27-32)44-37-18-8-6-16-35(37)43(30-13-4-3-5-14-30)36-17-7-9-19-38(36)44/h3-28H,1H3. The molecule has 7 aromatic carbocycles. The Morgan fingerprint density at radius 3 is 1.90 bits per heavy atom. The lowest BCUT2D eigenvalue weighted by Gasteiger charge is -2.19. The minimum Gasteiger partial charge on any atom is -0.307 e. The Morgan fingerprint density at radius 1 is 0.542 bits per heavy atom. The number of benzene rings is 7. The van der Waals surface area contributed by atoms with Gasteiger partial charge in [-0.05, 0) is 74.5 Å². The van der Waals surface area contributed by atoms with Crippen LogP contribution in [0.2, 0.25) is 0 Å². The molecule has 0 bridgehead atoms. The Balaban J connectivity index is 1.40. The molecule has 0 aliphatic rings. The van der Waals surface area contributed by atoms with Crippen molar-refractivity contribution in [3.8, 4) is 39.1 Å². The third-order valence-corrected chi connectivity index (χ3v) is 9.54. The van der Waals surface area contributed by atoms with Gasteiger partial charge in [-0.15, -0.1) is 0 Å². The van der Waals surface area contributed by atoms with Crippen LogP contribution in [-0.4, -0.2) is 9.55 Å². The maximum atomic E-state index is 8.31. The van der Waals surface area contributed by atoms with E-state index in [1.165, 1.54) is 38.4 Å². The van der Waals surface area contributed by atoms with Crippen molar-refractivity contribution in [1.29, 1.82) is 0 Å². The van der Waals surface area contributed by atoms with E-state index in [-0.39, 0.29) is 0 Å². The first kappa shape index (κ1) is 27.8. The predicted octanol–water partition coefficient (Wildman–Crippen LogP) is 12.3. The molecule has 9 rings (SSSR count). The summed E-state index contributed by atoms with van der Waals surface area (Å²) in [6, 6.07) is 51.5. The summed E-state index contributed by atoms with van der Waals surface area (Å²) < 4.78 is 2.33. The number of fused-ring (bicyclic) bond motifs is 5. The summed E-state index contributed by atoms with van der Waals surface area (Å²) in [6.07, 6.45) is 3.82. The quantitative estimate of drug-likeness (QED) is 0.143. The zero-order chi connectivity index (χ0) is 32.2. The van der Waals surface area contributed by atoms with Gasteiger partial charge in [-0.3, -0.25) is 4.98 Å². The summed E-state index contributed by atoms with van der Waals surface area (Å²) >= 11 is 0. The Labute approximate surface area is 278 Å². The van der Waals surface area contributed by atoms with Crippen LogP contribution in [0.4, 0.5) is 5.69 Å². The highest BCUT2D eigenvalue weighted by molar-refractivity contribution is 6.22. The first-order chi connectivity index (χ1) is 23.7. The zero-order valence-corrected chi connectivity index (χ0v) is 26.4. The Hall–Kier alpha value is -6.50. The van der Waals surface area contributed by atoms with Crippen LogP contribution in [0, 0.1) is 13.5 Å². The van der Waals surface area contributed by atoms with Crippen molar-refractivity contribution in [3.05, 3.63) is 175 Å². The highest BCUT2D eigenvalue weighted by Gasteiger charge is 2.21. The molecule has 2 aromatic heterocycles. The lowest BCUT2D eigenvalue weighted by molar-refractivity contribution is 1.17. The smallest absolute Gasteiger partial charge is 0.195 e. The van der Waals surface area contributed by atoms with E-state index in [1.54, 1.807) is 0 Å². The highest BCUT2D eigenvalue weighted by atomic mass is 15.0. The fraction of sp³-hybridized carbons (Fsp3) is 0.0222. The third-order valence-electron chi connectivity index (χ3n) is 9.54. The molecular weight excluding hydrogens is 583 g/mol. The molecule has 3 nitrogen and oxygen atoms in total. The van der Waals surface area contributed by atoms with Crippen molar-refractivity contribution in [3.63, 3.8) is 0 Å². The molecule has 0 spiro atoms. The molecule has 9 aromatic rings. The summed E-state index contributed by atoms with van der Waals surface area (Å²) in [7, 11) is 0. The van der Waals surface area contributed by atoms with E-state index in [0.29, 0.717) is 5.69 Å². The molecule has 0 fully saturated rings. The van der Waals surface area contributed by atoms with Crippen LogP contribution in [-0.2, 0) is 0 Å². The van der Waals surface area contributed by atoms with Crippen LogP contribution in [0.1, 0.15) is 5.56 Å². The molecule has 0 atom stereocenters. The van der Waals surface area contributed by atoms with Gasteiger partial charge in [0.15, 0.2) is 5.69 Å². The molecule has 0 N–H and O–H groups in total. The SMILES string of the molecule is [C-]#[N+]c1ccc(-n2c3cnccc3c3cccc(-c4cccc(C)c4)c32)cc1-c1c2ccccc2c(-c2ccccc2)c2ccccc12. The maximum Gasteiger partial charge on any atom is 0.195 e. The van der Waals surface area contributed by atoms with Crippen LogP contribution in [0.3, 0.4) is 0 Å². The van der Waals surface area contributed by atoms with Crippen molar-refractivity contribution in [2.75, 3.05) is 0 Å². The molecule has 0 saturated carbocycles. The highest BCUT2D eigenvalue weighted by Crippen LogP contribution is 2.47. The first-order valence-corrected chi connectivity index (χ1v) is 16.2. The number of hydrogen-bond acceptors (Lipinski definition) is 1. The summed E-state index contributed by atoms with van der Waals surface area (Å²) in [6.45, 7) is 10.4. The number of aryl methyl sites for hydroxylation is 1. The van der Waals surface area contributed by atoms with Gasteiger partial charge < -0.3 is 4.57 Å². The maximum absolute atomic E-state index is 8.31. The van der Waals surface area contributed by atoms with Crippen molar-refractivity contribution >= 4 is 49.0 Å². The summed E-state index contributed by atoms with van der Waals surface area (Å²) in [4.78, 5) is 8.67. The van der Waals surface area contributed by atoms with Gasteiger partial charge in [0.2, 0.25) is 0 Å². The number of rotatable bonds is 4. The van der Waals surface area contributed by atoms with Gasteiger partial charge in [-0.25, -0.2) is 4.85 Å². The van der Waals surface area contributed by atoms with Crippen LogP contribution in [0.5, 0.6) is 0 Å². The van der Waals surface area contributed by atoms with Crippen LogP contribution >= 0.6 is 0 Å². The van der Waals surface area contributed by atoms with Gasteiger partial charge in [0.1, 0.15) is 0 Å². The molecule has 0 saturated heterocycles.